The highest BCUT2D eigenvalue weighted by Crippen LogP contribution is 2.40. The molecule has 2 saturated heterocycles. The Labute approximate surface area is 452 Å². The minimum atomic E-state index is -0.803. The van der Waals surface area contributed by atoms with Gasteiger partial charge in [-0.3, -0.25) is 9.80 Å². The molecule has 408 valence electrons. The summed E-state index contributed by atoms with van der Waals surface area (Å²) in [5.41, 5.74) is 13.6. The Hall–Kier alpha value is -7.32. The largest absolute Gasteiger partial charge is 0.497 e. The molecule has 4 heterocycles. The van der Waals surface area contributed by atoms with Crippen molar-refractivity contribution in [2.24, 2.45) is 0 Å². The second-order valence-corrected chi connectivity index (χ2v) is 20.0. The highest BCUT2D eigenvalue weighted by molar-refractivity contribution is 5.92. The van der Waals surface area contributed by atoms with Gasteiger partial charge in [-0.1, -0.05) is 48.5 Å². The molecule has 0 saturated carbocycles. The summed E-state index contributed by atoms with van der Waals surface area (Å²) >= 11 is 0. The molecule has 2 N–H and O–H groups in total. The van der Waals surface area contributed by atoms with Crippen LogP contribution in [-0.2, 0) is 19.3 Å². The Morgan fingerprint density at radius 3 is 1.12 bits per heavy atom. The third-order valence-corrected chi connectivity index (χ3v) is 15.3. The summed E-state index contributed by atoms with van der Waals surface area (Å²) in [6, 6.07) is 37.2. The van der Waals surface area contributed by atoms with Gasteiger partial charge in [0.05, 0.1) is 14.2 Å². The lowest BCUT2D eigenvalue weighted by Crippen LogP contribution is -2.51. The molecule has 0 spiro atoms. The van der Waals surface area contributed by atoms with Crippen LogP contribution in [0.3, 0.4) is 0 Å². The predicted molar refractivity (Wildman–Crippen MR) is 288 cm³/mol. The summed E-state index contributed by atoms with van der Waals surface area (Å²) in [5.74, 6) is -1.48. The van der Waals surface area contributed by atoms with Crippen LogP contribution in [0.5, 0.6) is 11.5 Å². The van der Waals surface area contributed by atoms with Crippen LogP contribution in [0.2, 0.25) is 0 Å². The molecule has 0 bridgehead atoms. The molecular formula is C60H64F4N8O6. The average Bonchev–Trinajstić information content (AvgIpc) is 4.17. The highest BCUT2D eigenvalue weighted by atomic mass is 19.1. The van der Waals surface area contributed by atoms with E-state index in [-0.39, 0.29) is 47.4 Å². The topological polar surface area (TPSA) is 115 Å². The molecule has 10 rings (SSSR count). The smallest absolute Gasteiger partial charge is 0.358 e. The van der Waals surface area contributed by atoms with Crippen molar-refractivity contribution in [3.63, 3.8) is 0 Å². The molecule has 18 heteroatoms. The number of hydrogen-bond donors (Lipinski definition) is 2. The summed E-state index contributed by atoms with van der Waals surface area (Å²) in [7, 11) is 3.20. The van der Waals surface area contributed by atoms with Crippen molar-refractivity contribution in [2.75, 3.05) is 90.0 Å². The number of halogens is 4. The molecule has 2 fully saturated rings. The Bertz CT molecular complexity index is 2720. The quantitative estimate of drug-likeness (QED) is 0.0559. The van der Waals surface area contributed by atoms with Gasteiger partial charge in [-0.15, -0.1) is 10.3 Å². The van der Waals surface area contributed by atoms with Crippen LogP contribution in [-0.4, -0.2) is 111 Å². The number of benzene rings is 6. The molecule has 0 amide bonds. The number of fused-ring (bicyclic) bond motifs is 2. The minimum absolute atomic E-state index is 0.00450. The molecule has 0 radical (unpaired) electrons. The van der Waals surface area contributed by atoms with Crippen molar-refractivity contribution < 1.29 is 46.3 Å². The lowest BCUT2D eigenvalue weighted by molar-refractivity contribution is -0.143. The summed E-state index contributed by atoms with van der Waals surface area (Å²) in [4.78, 5) is 47.8. The second-order valence-electron chi connectivity index (χ2n) is 20.0. The first kappa shape index (κ1) is 54.1. The van der Waals surface area contributed by atoms with Crippen molar-refractivity contribution in [3.8, 4) is 11.5 Å². The number of ether oxygens (including phenoxy) is 2. The molecule has 0 aromatic heterocycles. The van der Waals surface area contributed by atoms with Crippen molar-refractivity contribution in [1.29, 1.82) is 0 Å². The zero-order valence-corrected chi connectivity index (χ0v) is 43.7. The van der Waals surface area contributed by atoms with Gasteiger partial charge in [-0.25, -0.2) is 27.2 Å². The average molecular weight is 1070 g/mol. The van der Waals surface area contributed by atoms with Gasteiger partial charge in [0.1, 0.15) is 58.5 Å². The van der Waals surface area contributed by atoms with Crippen LogP contribution in [0.4, 0.5) is 28.9 Å². The summed E-state index contributed by atoms with van der Waals surface area (Å²) < 4.78 is 66.4. The van der Waals surface area contributed by atoms with E-state index in [1.807, 2.05) is 24.3 Å². The number of nitrogens with zero attached hydrogens (tertiary/aromatic N) is 6. The van der Waals surface area contributed by atoms with E-state index in [0.717, 1.165) is 137 Å². The molecule has 6 aromatic rings. The zero-order chi connectivity index (χ0) is 54.1. The maximum atomic E-state index is 13.8. The lowest BCUT2D eigenvalue weighted by atomic mass is 9.87. The van der Waals surface area contributed by atoms with Gasteiger partial charge in [0.2, 0.25) is 0 Å². The van der Waals surface area contributed by atoms with E-state index in [1.54, 1.807) is 74.9 Å². The fourth-order valence-corrected chi connectivity index (χ4v) is 11.1. The van der Waals surface area contributed by atoms with Gasteiger partial charge >= 0.3 is 11.9 Å². The second kappa shape index (κ2) is 25.0. The SMILES string of the molecule is COc1ccc2c(c1)C(N1CCN(CCCC(c3ccc(F)cc3)c3ccc(F)cc3)CC1)NN2OC(=O)/C=C/C(=O)ON1NC(N2CCN(CCCC(c3ccc(F)cc3)c3ccc(F)cc3)CC2)c2cc(OC)ccc21. The first-order valence-electron chi connectivity index (χ1n) is 26.5. The van der Waals surface area contributed by atoms with Crippen LogP contribution in [0.1, 0.15) is 83.2 Å². The number of carbonyl (C=O) groups excluding carboxylic acids is 2. The number of hydrogen-bond acceptors (Lipinski definition) is 14. The van der Waals surface area contributed by atoms with Crippen molar-refractivity contribution in [1.82, 2.24) is 30.5 Å². The first-order chi connectivity index (χ1) is 38.0. The number of hydrazine groups is 2. The number of piperazine rings is 2. The third kappa shape index (κ3) is 13.0. The van der Waals surface area contributed by atoms with Crippen molar-refractivity contribution in [2.45, 2.75) is 49.9 Å². The van der Waals surface area contributed by atoms with Crippen molar-refractivity contribution >= 4 is 23.3 Å². The first-order valence-corrected chi connectivity index (χ1v) is 26.5. The van der Waals surface area contributed by atoms with E-state index >= 15 is 0 Å². The van der Waals surface area contributed by atoms with Gasteiger partial charge in [0.15, 0.2) is 0 Å². The van der Waals surface area contributed by atoms with Gasteiger partial charge in [-0.05, 0) is 146 Å². The number of rotatable bonds is 20. The normalized spacial score (nSPS) is 18.2. The molecule has 2 unspecified atom stereocenters. The van der Waals surface area contributed by atoms with Gasteiger partial charge < -0.3 is 28.9 Å². The maximum Gasteiger partial charge on any atom is 0.358 e. The zero-order valence-electron chi connectivity index (χ0n) is 43.7. The van der Waals surface area contributed by atoms with Crippen LogP contribution >= 0.6 is 0 Å². The van der Waals surface area contributed by atoms with Crippen molar-refractivity contribution in [3.05, 3.63) is 202 Å². The number of methoxy groups -OCH3 is 2. The summed E-state index contributed by atoms with van der Waals surface area (Å²) in [5, 5.41) is 2.65. The Morgan fingerprint density at radius 2 is 0.808 bits per heavy atom. The lowest BCUT2D eigenvalue weighted by Gasteiger charge is -2.38. The van der Waals surface area contributed by atoms with Gasteiger partial charge in [0, 0.05) is 87.5 Å². The molecule has 4 aliphatic heterocycles. The van der Waals surface area contributed by atoms with E-state index < -0.39 is 11.9 Å². The molecule has 78 heavy (non-hydrogen) atoms. The third-order valence-electron chi connectivity index (χ3n) is 15.3. The monoisotopic (exact) mass is 1070 g/mol. The Kier molecular flexibility index (Phi) is 17.3. The molecule has 6 aromatic carbocycles. The van der Waals surface area contributed by atoms with Crippen LogP contribution in [0.25, 0.3) is 0 Å². The molecule has 2 atom stereocenters. The summed E-state index contributed by atoms with van der Waals surface area (Å²) in [6.07, 6.45) is 4.78. The van der Waals surface area contributed by atoms with E-state index in [4.69, 9.17) is 19.1 Å². The maximum absolute atomic E-state index is 13.8. The van der Waals surface area contributed by atoms with Crippen LogP contribution in [0.15, 0.2) is 146 Å². The van der Waals surface area contributed by atoms with E-state index in [0.29, 0.717) is 22.9 Å². The van der Waals surface area contributed by atoms with E-state index in [2.05, 4.69) is 30.5 Å². The van der Waals surface area contributed by atoms with E-state index in [1.165, 1.54) is 58.9 Å². The van der Waals surface area contributed by atoms with Gasteiger partial charge in [-0.2, -0.15) is 10.9 Å². The Morgan fingerprint density at radius 1 is 0.487 bits per heavy atom. The number of anilines is 2. The standard InChI is InChI=1S/C60H64F4N8O6/c1-75-49-23-25-55-53(39-49)59(69-35-31-67(32-36-69)29-3-5-51(41-7-15-45(61)16-8-41)42-9-17-46(62)18-10-42)65-71(55)77-57(73)27-28-58(74)78-72-56-26-24-50(76-2)40-54(56)60(66-72)70-37-33-68(34-38-70)30-4-6-52(43-11-19-47(63)20-12-43)44-13-21-48(64)22-14-44/h7-28,39-40,51-52,59-60,65-66H,3-6,29-38H2,1-2H3/b28-27+. The summed E-state index contributed by atoms with van der Waals surface area (Å²) in [6.45, 7) is 7.79. The fraction of sp³-hybridized carbons (Fsp3) is 0.333. The Balaban J connectivity index is 0.708. The molecule has 4 aliphatic rings. The number of carbonyl (C=O) groups is 2. The highest BCUT2D eigenvalue weighted by Gasteiger charge is 2.38. The minimum Gasteiger partial charge on any atom is -0.497 e. The van der Waals surface area contributed by atoms with Crippen LogP contribution in [0, 0.1) is 23.3 Å². The van der Waals surface area contributed by atoms with Crippen LogP contribution < -0.4 is 30.7 Å². The van der Waals surface area contributed by atoms with Gasteiger partial charge in [0.25, 0.3) is 0 Å². The fourth-order valence-electron chi connectivity index (χ4n) is 11.1. The molecule has 14 nitrogen and oxygen atoms in total. The number of nitrogens with one attached hydrogen (secondary N) is 2. The predicted octanol–water partition coefficient (Wildman–Crippen LogP) is 9.54. The molecule has 0 aliphatic carbocycles. The van der Waals surface area contributed by atoms with E-state index in [9.17, 15) is 27.2 Å². The molecular weight excluding hydrogens is 1000 g/mol.